The van der Waals surface area contributed by atoms with Crippen molar-refractivity contribution in [1.29, 1.82) is 0 Å². The van der Waals surface area contributed by atoms with Gasteiger partial charge in [0.2, 0.25) is 0 Å². The molecule has 2 rings (SSSR count). The van der Waals surface area contributed by atoms with Gasteiger partial charge in [0.05, 0.1) is 0 Å². The van der Waals surface area contributed by atoms with Crippen molar-refractivity contribution in [2.24, 2.45) is 11.3 Å². The van der Waals surface area contributed by atoms with Crippen molar-refractivity contribution >= 4 is 0 Å². The van der Waals surface area contributed by atoms with E-state index < -0.39 is 0 Å². The van der Waals surface area contributed by atoms with Crippen LogP contribution in [0.2, 0.25) is 0 Å². The van der Waals surface area contributed by atoms with E-state index >= 15 is 0 Å². The molecule has 1 atom stereocenters. The smallest absolute Gasteiger partial charge is 0.0312 e. The van der Waals surface area contributed by atoms with Gasteiger partial charge in [-0.15, -0.1) is 0 Å². The predicted octanol–water partition coefficient (Wildman–Crippen LogP) is 3.32. The Balaban J connectivity index is 1.65. The van der Waals surface area contributed by atoms with Gasteiger partial charge >= 0.3 is 0 Å². The Kier molecular flexibility index (Phi) is 6.19. The lowest BCUT2D eigenvalue weighted by molar-refractivity contribution is 0.208. The first-order valence-electron chi connectivity index (χ1n) is 8.37. The lowest BCUT2D eigenvalue weighted by atomic mass is 9.77. The number of pyridine rings is 1. The molecule has 0 amide bonds. The van der Waals surface area contributed by atoms with E-state index in [-0.39, 0.29) is 0 Å². The highest BCUT2D eigenvalue weighted by atomic mass is 15.1. The zero-order valence-electron chi connectivity index (χ0n) is 13.9. The minimum absolute atomic E-state index is 0.467. The largest absolute Gasteiger partial charge is 0.311 e. The first kappa shape index (κ1) is 16.4. The van der Waals surface area contributed by atoms with E-state index in [9.17, 15) is 0 Å². The predicted molar refractivity (Wildman–Crippen MR) is 89.2 cm³/mol. The number of likely N-dealkylation sites (tertiary alicyclic amines) is 1. The summed E-state index contributed by atoms with van der Waals surface area (Å²) in [6.07, 6.45) is 7.86. The van der Waals surface area contributed by atoms with Crippen LogP contribution < -0.4 is 5.32 Å². The maximum absolute atomic E-state index is 4.15. The molecule has 1 N–H and O–H groups in total. The molecule has 3 nitrogen and oxygen atoms in total. The molecule has 0 spiro atoms. The average molecular weight is 289 g/mol. The molecule has 3 heteroatoms. The third-order valence-electron chi connectivity index (χ3n) is 4.70. The number of aromatic nitrogens is 1. The lowest BCUT2D eigenvalue weighted by Gasteiger charge is -2.29. The Hall–Kier alpha value is -0.930. The number of nitrogens with zero attached hydrogens (tertiary/aromatic N) is 2. The fraction of sp³-hybridized carbons (Fsp3) is 0.722. The molecular weight excluding hydrogens is 258 g/mol. The molecule has 1 fully saturated rings. The molecule has 0 radical (unpaired) electrons. The minimum Gasteiger partial charge on any atom is -0.311 e. The normalized spacial score (nSPS) is 21.2. The van der Waals surface area contributed by atoms with E-state index in [0.29, 0.717) is 5.41 Å². The van der Waals surface area contributed by atoms with Gasteiger partial charge in [0.1, 0.15) is 0 Å². The zero-order valence-corrected chi connectivity index (χ0v) is 13.9. The van der Waals surface area contributed by atoms with Gasteiger partial charge < -0.3 is 10.2 Å². The van der Waals surface area contributed by atoms with Gasteiger partial charge in [-0.2, -0.15) is 0 Å². The molecule has 2 heterocycles. The molecular formula is C18H31N3. The summed E-state index contributed by atoms with van der Waals surface area (Å²) >= 11 is 0. The topological polar surface area (TPSA) is 28.2 Å². The van der Waals surface area contributed by atoms with Crippen molar-refractivity contribution in [2.75, 3.05) is 26.2 Å². The summed E-state index contributed by atoms with van der Waals surface area (Å²) in [6.45, 7) is 12.9. The SMILES string of the molecule is CC(C)(C)C1CCCN(CCNCc2cccnc2)CC1. The molecule has 0 aromatic carbocycles. The number of nitrogens with one attached hydrogen (secondary N) is 1. The third-order valence-corrected chi connectivity index (χ3v) is 4.70. The molecule has 0 aliphatic carbocycles. The van der Waals surface area contributed by atoms with Gasteiger partial charge in [0.15, 0.2) is 0 Å². The molecule has 1 aromatic heterocycles. The van der Waals surface area contributed by atoms with Gasteiger partial charge in [0, 0.05) is 32.0 Å². The van der Waals surface area contributed by atoms with Crippen molar-refractivity contribution < 1.29 is 0 Å². The van der Waals surface area contributed by atoms with Crippen molar-refractivity contribution in [3.05, 3.63) is 30.1 Å². The maximum Gasteiger partial charge on any atom is 0.0312 e. The van der Waals surface area contributed by atoms with Gasteiger partial charge in [-0.25, -0.2) is 0 Å². The van der Waals surface area contributed by atoms with Crippen LogP contribution in [0.15, 0.2) is 24.5 Å². The zero-order chi connectivity index (χ0) is 15.1. The molecule has 1 aliphatic heterocycles. The standard InChI is InChI=1S/C18H31N3/c1-18(2,3)17-7-5-11-21(12-8-17)13-10-20-15-16-6-4-9-19-14-16/h4,6,9,14,17,20H,5,7-8,10-13,15H2,1-3H3. The van der Waals surface area contributed by atoms with E-state index in [1.807, 2.05) is 18.5 Å². The van der Waals surface area contributed by atoms with Crippen LogP contribution in [0, 0.1) is 11.3 Å². The summed E-state index contributed by atoms with van der Waals surface area (Å²) in [4.78, 5) is 6.77. The molecule has 0 bridgehead atoms. The lowest BCUT2D eigenvalue weighted by Crippen LogP contribution is -2.33. The van der Waals surface area contributed by atoms with Crippen molar-refractivity contribution in [3.63, 3.8) is 0 Å². The summed E-state index contributed by atoms with van der Waals surface area (Å²) in [7, 11) is 0. The van der Waals surface area contributed by atoms with Gasteiger partial charge in [-0.3, -0.25) is 4.98 Å². The van der Waals surface area contributed by atoms with Crippen LogP contribution in [0.1, 0.15) is 45.6 Å². The van der Waals surface area contributed by atoms with Crippen LogP contribution in [0.4, 0.5) is 0 Å². The van der Waals surface area contributed by atoms with E-state index in [2.05, 4.69) is 42.0 Å². The Morgan fingerprint density at radius 1 is 1.29 bits per heavy atom. The Labute approximate surface area is 130 Å². The second-order valence-corrected chi connectivity index (χ2v) is 7.37. The summed E-state index contributed by atoms with van der Waals surface area (Å²) in [5, 5.41) is 3.53. The first-order valence-corrected chi connectivity index (χ1v) is 8.37. The van der Waals surface area contributed by atoms with E-state index in [0.717, 1.165) is 25.6 Å². The van der Waals surface area contributed by atoms with E-state index in [4.69, 9.17) is 0 Å². The summed E-state index contributed by atoms with van der Waals surface area (Å²) < 4.78 is 0. The minimum atomic E-state index is 0.467. The first-order chi connectivity index (χ1) is 10.1. The molecule has 1 saturated heterocycles. The van der Waals surface area contributed by atoms with Crippen LogP contribution >= 0.6 is 0 Å². The fourth-order valence-electron chi connectivity index (χ4n) is 3.22. The Morgan fingerprint density at radius 2 is 2.14 bits per heavy atom. The van der Waals surface area contributed by atoms with Gasteiger partial charge in [-0.05, 0) is 55.3 Å². The van der Waals surface area contributed by atoms with Crippen LogP contribution in [-0.2, 0) is 6.54 Å². The second-order valence-electron chi connectivity index (χ2n) is 7.37. The summed E-state index contributed by atoms with van der Waals surface area (Å²) in [5.74, 6) is 0.880. The average Bonchev–Trinajstić information content (AvgIpc) is 2.70. The van der Waals surface area contributed by atoms with Gasteiger partial charge in [-0.1, -0.05) is 26.8 Å². The maximum atomic E-state index is 4.15. The molecule has 21 heavy (non-hydrogen) atoms. The van der Waals surface area contributed by atoms with Crippen LogP contribution in [0.5, 0.6) is 0 Å². The summed E-state index contributed by atoms with van der Waals surface area (Å²) in [5.41, 5.74) is 1.73. The van der Waals surface area contributed by atoms with E-state index in [1.165, 1.54) is 37.9 Å². The highest BCUT2D eigenvalue weighted by molar-refractivity contribution is 5.07. The Morgan fingerprint density at radius 3 is 2.86 bits per heavy atom. The molecule has 1 aliphatic rings. The highest BCUT2D eigenvalue weighted by Gasteiger charge is 2.26. The number of hydrogen-bond acceptors (Lipinski definition) is 3. The number of rotatable bonds is 5. The molecule has 1 aromatic rings. The third kappa shape index (κ3) is 5.76. The molecule has 118 valence electrons. The monoisotopic (exact) mass is 289 g/mol. The van der Waals surface area contributed by atoms with Gasteiger partial charge in [0.25, 0.3) is 0 Å². The molecule has 0 saturated carbocycles. The summed E-state index contributed by atoms with van der Waals surface area (Å²) in [6, 6.07) is 4.12. The fourth-order valence-corrected chi connectivity index (χ4v) is 3.22. The van der Waals surface area contributed by atoms with Crippen molar-refractivity contribution in [3.8, 4) is 0 Å². The van der Waals surface area contributed by atoms with E-state index in [1.54, 1.807) is 0 Å². The second kappa shape index (κ2) is 7.90. The molecule has 1 unspecified atom stereocenters. The van der Waals surface area contributed by atoms with Crippen molar-refractivity contribution in [2.45, 2.75) is 46.6 Å². The highest BCUT2D eigenvalue weighted by Crippen LogP contribution is 2.34. The van der Waals surface area contributed by atoms with Crippen molar-refractivity contribution in [1.82, 2.24) is 15.2 Å². The Bertz CT molecular complexity index is 397. The van der Waals surface area contributed by atoms with Crippen LogP contribution in [0.25, 0.3) is 0 Å². The van der Waals surface area contributed by atoms with Crippen LogP contribution in [-0.4, -0.2) is 36.1 Å². The van der Waals surface area contributed by atoms with Crippen LogP contribution in [0.3, 0.4) is 0 Å². The quantitative estimate of drug-likeness (QED) is 0.843. The number of hydrogen-bond donors (Lipinski definition) is 1.